The molecule has 0 bridgehead atoms. The maximum absolute atomic E-state index is 11.0. The third-order valence-corrected chi connectivity index (χ3v) is 6.28. The lowest BCUT2D eigenvalue weighted by Gasteiger charge is -2.11. The van der Waals surface area contributed by atoms with Gasteiger partial charge in [0.2, 0.25) is 0 Å². The topological polar surface area (TPSA) is 68.7 Å². The van der Waals surface area contributed by atoms with Crippen LogP contribution >= 0.6 is 11.8 Å². The lowest BCUT2D eigenvalue weighted by Crippen LogP contribution is -2.02. The van der Waals surface area contributed by atoms with Gasteiger partial charge in [-0.05, 0) is 73.7 Å². The summed E-state index contributed by atoms with van der Waals surface area (Å²) in [6.45, 7) is 2.63. The van der Waals surface area contributed by atoms with E-state index in [1.54, 1.807) is 18.9 Å². The molecular weight excluding hydrogens is 434 g/mol. The maximum atomic E-state index is 11.0. The average Bonchev–Trinajstić information content (AvgIpc) is 2.83. The fraction of sp³-hybridized carbons (Fsp3) is 0.259. The summed E-state index contributed by atoms with van der Waals surface area (Å²) in [6.07, 6.45) is 5.44. The van der Waals surface area contributed by atoms with Crippen LogP contribution in [0.1, 0.15) is 35.4 Å². The van der Waals surface area contributed by atoms with Gasteiger partial charge >= 0.3 is 5.97 Å². The van der Waals surface area contributed by atoms with Crippen LogP contribution in [0.5, 0.6) is 11.5 Å². The Hall–Kier alpha value is -3.25. The van der Waals surface area contributed by atoms with Crippen molar-refractivity contribution in [1.29, 1.82) is 0 Å². The minimum absolute atomic E-state index is 0.537. The summed E-state index contributed by atoms with van der Waals surface area (Å²) in [6, 6.07) is 20.1. The number of rotatable bonds is 12. The van der Waals surface area contributed by atoms with E-state index < -0.39 is 5.97 Å². The minimum Gasteiger partial charge on any atom is -0.497 e. The summed E-state index contributed by atoms with van der Waals surface area (Å²) >= 11 is 1.71. The zero-order chi connectivity index (χ0) is 23.5. The summed E-state index contributed by atoms with van der Waals surface area (Å²) in [5, 5.41) is 9.04. The average molecular weight is 464 g/mol. The van der Waals surface area contributed by atoms with Gasteiger partial charge in [0.05, 0.1) is 19.4 Å². The first-order chi connectivity index (χ1) is 16.0. The molecule has 0 spiro atoms. The van der Waals surface area contributed by atoms with Crippen LogP contribution in [0.3, 0.4) is 0 Å². The Bertz CT molecular complexity index is 1080. The zero-order valence-electron chi connectivity index (χ0n) is 19.0. The SMILES string of the molecule is COc1ccc(CCCCOc2ccc(CSc3ccccc3C)nc2/C=C/C(=O)O)cc1. The number of pyridine rings is 1. The first kappa shape index (κ1) is 24.4. The highest BCUT2D eigenvalue weighted by Gasteiger charge is 2.08. The second-order valence-electron chi connectivity index (χ2n) is 7.57. The van der Waals surface area contributed by atoms with Crippen LogP contribution in [0.4, 0.5) is 0 Å². The van der Waals surface area contributed by atoms with Crippen LogP contribution < -0.4 is 9.47 Å². The molecule has 0 aliphatic heterocycles. The van der Waals surface area contributed by atoms with Crippen molar-refractivity contribution < 1.29 is 19.4 Å². The van der Waals surface area contributed by atoms with Crippen LogP contribution in [0.15, 0.2) is 71.6 Å². The van der Waals surface area contributed by atoms with E-state index >= 15 is 0 Å². The van der Waals surface area contributed by atoms with E-state index in [9.17, 15) is 4.79 Å². The Kier molecular flexibility index (Phi) is 9.39. The molecule has 0 unspecified atom stereocenters. The largest absolute Gasteiger partial charge is 0.497 e. The first-order valence-corrected chi connectivity index (χ1v) is 11.9. The van der Waals surface area contributed by atoms with Crippen molar-refractivity contribution >= 4 is 23.8 Å². The van der Waals surface area contributed by atoms with Crippen molar-refractivity contribution in [3.8, 4) is 11.5 Å². The second kappa shape index (κ2) is 12.7. The lowest BCUT2D eigenvalue weighted by molar-refractivity contribution is -0.131. The molecule has 172 valence electrons. The number of carboxylic acids is 1. The van der Waals surface area contributed by atoms with E-state index in [4.69, 9.17) is 14.6 Å². The molecule has 0 radical (unpaired) electrons. The predicted octanol–water partition coefficient (Wildman–Crippen LogP) is 6.19. The van der Waals surface area contributed by atoms with Gasteiger partial charge in [-0.1, -0.05) is 30.3 Å². The number of hydrogen-bond donors (Lipinski definition) is 1. The molecule has 6 heteroatoms. The fourth-order valence-corrected chi connectivity index (χ4v) is 4.19. The van der Waals surface area contributed by atoms with Crippen molar-refractivity contribution in [3.63, 3.8) is 0 Å². The monoisotopic (exact) mass is 463 g/mol. The fourth-order valence-electron chi connectivity index (χ4n) is 3.25. The molecule has 0 amide bonds. The van der Waals surface area contributed by atoms with Gasteiger partial charge in [-0.3, -0.25) is 0 Å². The molecule has 5 nitrogen and oxygen atoms in total. The van der Waals surface area contributed by atoms with Gasteiger partial charge in [-0.25, -0.2) is 9.78 Å². The number of thioether (sulfide) groups is 1. The van der Waals surface area contributed by atoms with Crippen LogP contribution in [0, 0.1) is 6.92 Å². The highest BCUT2D eigenvalue weighted by atomic mass is 32.2. The van der Waals surface area contributed by atoms with E-state index in [2.05, 4.69) is 36.2 Å². The number of hydrogen-bond acceptors (Lipinski definition) is 5. The van der Waals surface area contributed by atoms with E-state index in [-0.39, 0.29) is 0 Å². The first-order valence-electron chi connectivity index (χ1n) is 10.9. The number of methoxy groups -OCH3 is 1. The predicted molar refractivity (Wildman–Crippen MR) is 133 cm³/mol. The molecule has 1 aromatic heterocycles. The van der Waals surface area contributed by atoms with Crippen molar-refractivity contribution in [3.05, 3.63) is 89.3 Å². The van der Waals surface area contributed by atoms with Gasteiger partial charge in [-0.2, -0.15) is 0 Å². The number of carboxylic acid groups (broad SMARTS) is 1. The van der Waals surface area contributed by atoms with Crippen LogP contribution in [-0.2, 0) is 17.0 Å². The quantitative estimate of drug-likeness (QED) is 0.196. The molecule has 2 aromatic carbocycles. The summed E-state index contributed by atoms with van der Waals surface area (Å²) in [5.74, 6) is 1.14. The molecule has 3 rings (SSSR count). The Morgan fingerprint density at radius 2 is 1.85 bits per heavy atom. The van der Waals surface area contributed by atoms with Gasteiger partial charge in [0.25, 0.3) is 0 Å². The highest BCUT2D eigenvalue weighted by Crippen LogP contribution is 2.27. The number of aliphatic carboxylic acids is 1. The van der Waals surface area contributed by atoms with Crippen molar-refractivity contribution in [2.24, 2.45) is 0 Å². The lowest BCUT2D eigenvalue weighted by atomic mass is 10.1. The minimum atomic E-state index is -1.01. The van der Waals surface area contributed by atoms with Crippen molar-refractivity contribution in [1.82, 2.24) is 4.98 Å². The van der Waals surface area contributed by atoms with Crippen molar-refractivity contribution in [2.75, 3.05) is 13.7 Å². The Morgan fingerprint density at radius 1 is 1.06 bits per heavy atom. The number of aryl methyl sites for hydroxylation is 2. The van der Waals surface area contributed by atoms with Crippen LogP contribution in [0.25, 0.3) is 6.08 Å². The normalized spacial score (nSPS) is 11.0. The molecule has 1 N–H and O–H groups in total. The van der Waals surface area contributed by atoms with E-state index in [0.29, 0.717) is 23.8 Å². The molecule has 0 atom stereocenters. The number of ether oxygens (including phenoxy) is 2. The molecule has 1 heterocycles. The van der Waals surface area contributed by atoms with Crippen LogP contribution in [0.2, 0.25) is 0 Å². The van der Waals surface area contributed by atoms with Crippen molar-refractivity contribution in [2.45, 2.75) is 36.8 Å². The van der Waals surface area contributed by atoms with Gasteiger partial charge in [-0.15, -0.1) is 11.8 Å². The highest BCUT2D eigenvalue weighted by molar-refractivity contribution is 7.98. The Morgan fingerprint density at radius 3 is 2.58 bits per heavy atom. The van der Waals surface area contributed by atoms with E-state index in [1.165, 1.54) is 22.1 Å². The molecule has 0 aliphatic rings. The molecule has 0 aliphatic carbocycles. The maximum Gasteiger partial charge on any atom is 0.328 e. The van der Waals surface area contributed by atoms with Gasteiger partial charge < -0.3 is 14.6 Å². The Balaban J connectivity index is 1.56. The molecule has 3 aromatic rings. The van der Waals surface area contributed by atoms with E-state index in [1.807, 2.05) is 36.4 Å². The zero-order valence-corrected chi connectivity index (χ0v) is 19.8. The molecule has 0 saturated heterocycles. The second-order valence-corrected chi connectivity index (χ2v) is 8.58. The standard InChI is InChI=1S/C27H29NO4S/c1-20-7-3-4-9-26(20)33-19-22-12-16-25(24(28-22)15-17-27(29)30)32-18-6-5-8-21-10-13-23(31-2)14-11-21/h3-4,7,9-17H,5-6,8,18-19H2,1-2H3,(H,29,30)/b17-15+. The molecule has 33 heavy (non-hydrogen) atoms. The smallest absolute Gasteiger partial charge is 0.328 e. The summed E-state index contributed by atoms with van der Waals surface area (Å²) in [7, 11) is 1.66. The number of benzene rings is 2. The molecular formula is C27H29NO4S. The molecule has 0 fully saturated rings. The van der Waals surface area contributed by atoms with Gasteiger partial charge in [0.15, 0.2) is 0 Å². The number of unbranched alkanes of at least 4 members (excludes halogenated alkanes) is 1. The Labute approximate surface area is 199 Å². The van der Waals surface area contributed by atoms with E-state index in [0.717, 1.165) is 36.8 Å². The summed E-state index contributed by atoms with van der Waals surface area (Å²) in [5.41, 5.74) is 3.90. The number of aromatic nitrogens is 1. The number of carbonyl (C=O) groups is 1. The van der Waals surface area contributed by atoms with Gasteiger partial charge in [0, 0.05) is 16.7 Å². The molecule has 0 saturated carbocycles. The van der Waals surface area contributed by atoms with Gasteiger partial charge in [0.1, 0.15) is 17.2 Å². The van der Waals surface area contributed by atoms with Crippen LogP contribution in [-0.4, -0.2) is 29.8 Å². The number of nitrogens with zero attached hydrogens (tertiary/aromatic N) is 1. The third-order valence-electron chi connectivity index (χ3n) is 5.07. The summed E-state index contributed by atoms with van der Waals surface area (Å²) in [4.78, 5) is 16.9. The summed E-state index contributed by atoms with van der Waals surface area (Å²) < 4.78 is 11.1. The third kappa shape index (κ3) is 7.99.